The van der Waals surface area contributed by atoms with Crippen LogP contribution in [-0.4, -0.2) is 15.8 Å². The van der Waals surface area contributed by atoms with Crippen LogP contribution in [-0.2, 0) is 7.05 Å². The lowest BCUT2D eigenvalue weighted by Crippen LogP contribution is -1.86. The van der Waals surface area contributed by atoms with Gasteiger partial charge in [0.1, 0.15) is 0 Å². The highest BCUT2D eigenvalue weighted by molar-refractivity contribution is 8.01. The predicted octanol–water partition coefficient (Wildman–Crippen LogP) is 2.45. The number of aromatic nitrogens is 2. The molecule has 0 aliphatic carbocycles. The number of hydrogen-bond donors (Lipinski definition) is 0. The number of aldehydes is 1. The minimum absolute atomic E-state index is 0.752. The van der Waals surface area contributed by atoms with Crippen molar-refractivity contribution in [1.29, 1.82) is 0 Å². The van der Waals surface area contributed by atoms with Crippen LogP contribution in [0.3, 0.4) is 0 Å². The summed E-state index contributed by atoms with van der Waals surface area (Å²) in [5.41, 5.74) is 0. The Morgan fingerprint density at radius 1 is 1.57 bits per heavy atom. The van der Waals surface area contributed by atoms with Gasteiger partial charge in [0.25, 0.3) is 0 Å². The quantitative estimate of drug-likeness (QED) is 0.751. The summed E-state index contributed by atoms with van der Waals surface area (Å²) in [7, 11) is 1.95. The second-order valence-electron chi connectivity index (χ2n) is 2.70. The van der Waals surface area contributed by atoms with Gasteiger partial charge in [-0.1, -0.05) is 0 Å². The summed E-state index contributed by atoms with van der Waals surface area (Å²) >= 11 is 3.05. The van der Waals surface area contributed by atoms with Crippen molar-refractivity contribution in [3.8, 4) is 0 Å². The maximum atomic E-state index is 10.5. The Kier molecular flexibility index (Phi) is 2.69. The summed E-state index contributed by atoms with van der Waals surface area (Å²) in [6.07, 6.45) is 4.53. The zero-order valence-electron chi connectivity index (χ0n) is 7.51. The van der Waals surface area contributed by atoms with Gasteiger partial charge in [0.15, 0.2) is 11.4 Å². The van der Waals surface area contributed by atoms with Crippen LogP contribution in [0.2, 0.25) is 0 Å². The Bertz CT molecular complexity index is 447. The maximum Gasteiger partial charge on any atom is 0.173 e. The predicted molar refractivity (Wildman–Crippen MR) is 57.0 cm³/mol. The molecule has 0 radical (unpaired) electrons. The lowest BCUT2D eigenvalue weighted by molar-refractivity contribution is 0.112. The minimum Gasteiger partial charge on any atom is -0.329 e. The first kappa shape index (κ1) is 9.48. The largest absolute Gasteiger partial charge is 0.329 e. The van der Waals surface area contributed by atoms with E-state index in [4.69, 9.17) is 0 Å². The van der Waals surface area contributed by atoms with Crippen molar-refractivity contribution in [2.75, 3.05) is 0 Å². The molecule has 2 aromatic rings. The highest BCUT2D eigenvalue weighted by Crippen LogP contribution is 2.31. The normalized spacial score (nSPS) is 10.4. The van der Waals surface area contributed by atoms with E-state index in [0.29, 0.717) is 0 Å². The number of aryl methyl sites for hydroxylation is 1. The van der Waals surface area contributed by atoms with Gasteiger partial charge in [-0.25, -0.2) is 4.98 Å². The van der Waals surface area contributed by atoms with Gasteiger partial charge in [0, 0.05) is 19.4 Å². The first-order valence-electron chi connectivity index (χ1n) is 4.00. The number of hydrogen-bond acceptors (Lipinski definition) is 4. The summed E-state index contributed by atoms with van der Waals surface area (Å²) in [5.74, 6) is 0. The summed E-state index contributed by atoms with van der Waals surface area (Å²) in [6, 6.07) is 3.76. The van der Waals surface area contributed by atoms with Crippen LogP contribution in [0.4, 0.5) is 0 Å². The average molecular weight is 224 g/mol. The molecule has 0 atom stereocenters. The van der Waals surface area contributed by atoms with Gasteiger partial charge >= 0.3 is 0 Å². The molecular weight excluding hydrogens is 216 g/mol. The smallest absolute Gasteiger partial charge is 0.173 e. The molecule has 0 spiro atoms. The average Bonchev–Trinajstić information content (AvgIpc) is 2.77. The highest BCUT2D eigenvalue weighted by Gasteiger charge is 2.04. The molecule has 0 unspecified atom stereocenters. The number of carbonyl (C=O) groups excluding carboxylic acids is 1. The maximum absolute atomic E-state index is 10.5. The van der Waals surface area contributed by atoms with E-state index in [9.17, 15) is 4.79 Å². The number of thiophene rings is 1. The number of nitrogens with zero attached hydrogens (tertiary/aromatic N) is 2. The van der Waals surface area contributed by atoms with Crippen molar-refractivity contribution in [3.05, 3.63) is 29.4 Å². The van der Waals surface area contributed by atoms with Gasteiger partial charge in [0.05, 0.1) is 9.09 Å². The Morgan fingerprint density at radius 2 is 2.43 bits per heavy atom. The second-order valence-corrected chi connectivity index (χ2v) is 5.08. The zero-order valence-corrected chi connectivity index (χ0v) is 9.14. The molecule has 0 saturated heterocycles. The first-order valence-corrected chi connectivity index (χ1v) is 5.63. The molecule has 0 amide bonds. The third-order valence-corrected chi connectivity index (χ3v) is 3.91. The Balaban J connectivity index is 2.18. The van der Waals surface area contributed by atoms with Crippen LogP contribution in [0.5, 0.6) is 0 Å². The molecule has 5 heteroatoms. The fraction of sp³-hybridized carbons (Fsp3) is 0.111. The van der Waals surface area contributed by atoms with Crippen molar-refractivity contribution in [2.45, 2.75) is 9.37 Å². The molecule has 0 aliphatic heterocycles. The molecular formula is C9H8N2OS2. The number of carbonyl (C=O) groups is 1. The first-order chi connectivity index (χ1) is 6.79. The molecule has 2 heterocycles. The zero-order chi connectivity index (χ0) is 9.97. The van der Waals surface area contributed by atoms with E-state index in [1.165, 1.54) is 11.3 Å². The van der Waals surface area contributed by atoms with Crippen LogP contribution < -0.4 is 0 Å². The van der Waals surface area contributed by atoms with E-state index in [1.54, 1.807) is 18.0 Å². The molecule has 0 aliphatic rings. The molecule has 3 nitrogen and oxygen atoms in total. The van der Waals surface area contributed by atoms with Gasteiger partial charge in [-0.15, -0.1) is 11.3 Å². The standard InChI is InChI=1S/C9H8N2OS2/c1-11-5-4-10-9(11)14-8-3-2-7(6-12)13-8/h2-6H,1H3. The number of rotatable bonds is 3. The van der Waals surface area contributed by atoms with Gasteiger partial charge in [-0.05, 0) is 23.9 Å². The van der Waals surface area contributed by atoms with E-state index in [1.807, 2.05) is 29.9 Å². The monoisotopic (exact) mass is 224 g/mol. The molecule has 0 N–H and O–H groups in total. The SMILES string of the molecule is Cn1ccnc1Sc1ccc(C=O)s1. The minimum atomic E-state index is 0.752. The topological polar surface area (TPSA) is 34.9 Å². The van der Waals surface area contributed by atoms with E-state index in [2.05, 4.69) is 4.98 Å². The third kappa shape index (κ3) is 1.88. The summed E-state index contributed by atoms with van der Waals surface area (Å²) in [6.45, 7) is 0. The Morgan fingerprint density at radius 3 is 3.00 bits per heavy atom. The van der Waals surface area contributed by atoms with E-state index < -0.39 is 0 Å². The molecule has 14 heavy (non-hydrogen) atoms. The van der Waals surface area contributed by atoms with E-state index in [0.717, 1.165) is 20.5 Å². The van der Waals surface area contributed by atoms with Gasteiger partial charge in [-0.2, -0.15) is 0 Å². The van der Waals surface area contributed by atoms with Crippen LogP contribution in [0.15, 0.2) is 33.9 Å². The molecule has 0 fully saturated rings. The fourth-order valence-electron chi connectivity index (χ4n) is 0.993. The van der Waals surface area contributed by atoms with Gasteiger partial charge in [-0.3, -0.25) is 4.79 Å². The molecule has 2 rings (SSSR count). The van der Waals surface area contributed by atoms with Crippen LogP contribution in [0.1, 0.15) is 9.67 Å². The van der Waals surface area contributed by atoms with Crippen LogP contribution in [0, 0.1) is 0 Å². The second kappa shape index (κ2) is 3.98. The van der Waals surface area contributed by atoms with Crippen molar-refractivity contribution < 1.29 is 4.79 Å². The van der Waals surface area contributed by atoms with E-state index in [-0.39, 0.29) is 0 Å². The van der Waals surface area contributed by atoms with Crippen molar-refractivity contribution in [1.82, 2.24) is 9.55 Å². The number of imidazole rings is 1. The van der Waals surface area contributed by atoms with Crippen LogP contribution >= 0.6 is 23.1 Å². The third-order valence-electron chi connectivity index (χ3n) is 1.69. The van der Waals surface area contributed by atoms with E-state index >= 15 is 0 Å². The lowest BCUT2D eigenvalue weighted by Gasteiger charge is -1.96. The van der Waals surface area contributed by atoms with Crippen molar-refractivity contribution >= 4 is 29.4 Å². The summed E-state index contributed by atoms with van der Waals surface area (Å²) in [5, 5.41) is 0.935. The molecule has 2 aromatic heterocycles. The van der Waals surface area contributed by atoms with Crippen LogP contribution in [0.25, 0.3) is 0 Å². The lowest BCUT2D eigenvalue weighted by atomic mass is 10.5. The van der Waals surface area contributed by atoms with Crippen molar-refractivity contribution in [3.63, 3.8) is 0 Å². The Labute approximate surface area is 89.8 Å². The molecule has 0 aromatic carbocycles. The highest BCUT2D eigenvalue weighted by atomic mass is 32.2. The van der Waals surface area contributed by atoms with Crippen molar-refractivity contribution in [2.24, 2.45) is 7.05 Å². The molecule has 0 bridgehead atoms. The fourth-order valence-corrected chi connectivity index (χ4v) is 2.86. The molecule has 72 valence electrons. The van der Waals surface area contributed by atoms with Gasteiger partial charge < -0.3 is 4.57 Å². The summed E-state index contributed by atoms with van der Waals surface area (Å²) < 4.78 is 3.03. The summed E-state index contributed by atoms with van der Waals surface area (Å²) in [4.78, 5) is 15.4. The Hall–Kier alpha value is -1.07. The molecule has 0 saturated carbocycles. The van der Waals surface area contributed by atoms with Gasteiger partial charge in [0.2, 0.25) is 0 Å².